The molecule has 0 aliphatic carbocycles. The maximum absolute atomic E-state index is 11.6. The van der Waals surface area contributed by atoms with E-state index in [0.29, 0.717) is 17.8 Å². The van der Waals surface area contributed by atoms with Crippen molar-refractivity contribution in [2.24, 2.45) is 0 Å². The molecule has 0 amide bonds. The lowest BCUT2D eigenvalue weighted by atomic mass is 10.0. The van der Waals surface area contributed by atoms with Crippen LogP contribution in [0.4, 0.5) is 11.4 Å². The van der Waals surface area contributed by atoms with Gasteiger partial charge in [0.1, 0.15) is 0 Å². The van der Waals surface area contributed by atoms with Gasteiger partial charge in [0.25, 0.3) is 0 Å². The molecule has 1 unspecified atom stereocenters. The lowest BCUT2D eigenvalue weighted by Gasteiger charge is -2.26. The maximum Gasteiger partial charge on any atom is 0.175 e. The summed E-state index contributed by atoms with van der Waals surface area (Å²) in [5.74, 6) is 0.199. The molecular weight excluding hydrogens is 300 g/mol. The molecule has 1 saturated heterocycles. The van der Waals surface area contributed by atoms with E-state index in [1.807, 2.05) is 6.92 Å². The molecule has 0 bridgehead atoms. The van der Waals surface area contributed by atoms with Gasteiger partial charge < -0.3 is 11.1 Å². The molecule has 20 heavy (non-hydrogen) atoms. The monoisotopic (exact) mass is 318 g/mol. The Kier molecular flexibility index (Phi) is 3.50. The summed E-state index contributed by atoms with van der Waals surface area (Å²) in [6.45, 7) is 1.82. The van der Waals surface area contributed by atoms with Crippen molar-refractivity contribution >= 4 is 31.0 Å². The molecule has 1 aliphatic heterocycles. The van der Waals surface area contributed by atoms with Gasteiger partial charge in [-0.1, -0.05) is 0 Å². The zero-order valence-electron chi connectivity index (χ0n) is 11.4. The highest BCUT2D eigenvalue weighted by molar-refractivity contribution is 7.91. The Hall–Kier alpha value is -1.28. The Morgan fingerprint density at radius 1 is 1.35 bits per heavy atom. The summed E-state index contributed by atoms with van der Waals surface area (Å²) in [5.41, 5.74) is 6.12. The molecular formula is C12H18N2O4S2. The van der Waals surface area contributed by atoms with E-state index in [4.69, 9.17) is 5.73 Å². The molecule has 1 fully saturated rings. The van der Waals surface area contributed by atoms with Crippen molar-refractivity contribution in [2.75, 3.05) is 28.8 Å². The largest absolute Gasteiger partial charge is 0.397 e. The zero-order chi connectivity index (χ0) is 15.2. The molecule has 1 aromatic carbocycles. The van der Waals surface area contributed by atoms with Crippen LogP contribution in [-0.4, -0.2) is 40.1 Å². The number of nitrogen functional groups attached to an aromatic ring is 1. The predicted molar refractivity (Wildman–Crippen MR) is 79.3 cm³/mol. The van der Waals surface area contributed by atoms with Gasteiger partial charge in [0.05, 0.1) is 27.8 Å². The molecule has 0 aromatic heterocycles. The van der Waals surface area contributed by atoms with Crippen molar-refractivity contribution in [2.45, 2.75) is 23.8 Å². The van der Waals surface area contributed by atoms with Gasteiger partial charge in [0, 0.05) is 11.8 Å². The standard InChI is InChI=1S/C12H18N2O4S2/c1-12(5-6-20(17,18)8-12)14-11-4-3-9(7-10(11)13)19(2,15)16/h3-4,7,14H,5-6,8,13H2,1-2H3. The zero-order valence-corrected chi connectivity index (χ0v) is 13.0. The van der Waals surface area contributed by atoms with Crippen LogP contribution in [-0.2, 0) is 19.7 Å². The SMILES string of the molecule is CC1(Nc2ccc(S(C)(=O)=O)cc2N)CCS(=O)(=O)C1. The second-order valence-electron chi connectivity index (χ2n) is 5.55. The van der Waals surface area contributed by atoms with Crippen molar-refractivity contribution in [1.82, 2.24) is 0 Å². The first-order valence-electron chi connectivity index (χ1n) is 6.09. The Morgan fingerprint density at radius 2 is 2.00 bits per heavy atom. The van der Waals surface area contributed by atoms with Gasteiger partial charge in [-0.2, -0.15) is 0 Å². The van der Waals surface area contributed by atoms with Crippen LogP contribution in [0.1, 0.15) is 13.3 Å². The molecule has 0 spiro atoms. The number of hydrogen-bond donors (Lipinski definition) is 2. The Morgan fingerprint density at radius 3 is 2.45 bits per heavy atom. The number of anilines is 2. The van der Waals surface area contributed by atoms with Gasteiger partial charge in [0.2, 0.25) is 0 Å². The summed E-state index contributed by atoms with van der Waals surface area (Å²) in [6.07, 6.45) is 1.61. The normalized spacial score (nSPS) is 25.5. The highest BCUT2D eigenvalue weighted by atomic mass is 32.2. The third-order valence-corrected chi connectivity index (χ3v) is 6.40. The molecule has 1 aliphatic rings. The third kappa shape index (κ3) is 3.24. The third-order valence-electron chi connectivity index (χ3n) is 3.39. The fraction of sp³-hybridized carbons (Fsp3) is 0.500. The summed E-state index contributed by atoms with van der Waals surface area (Å²) in [5, 5.41) is 3.12. The molecule has 1 atom stereocenters. The highest BCUT2D eigenvalue weighted by Gasteiger charge is 2.38. The highest BCUT2D eigenvalue weighted by Crippen LogP contribution is 2.31. The fourth-order valence-corrected chi connectivity index (χ4v) is 5.07. The van der Waals surface area contributed by atoms with Crippen LogP contribution < -0.4 is 11.1 Å². The van der Waals surface area contributed by atoms with Crippen molar-refractivity contribution in [3.05, 3.63) is 18.2 Å². The smallest absolute Gasteiger partial charge is 0.175 e. The van der Waals surface area contributed by atoms with E-state index in [2.05, 4.69) is 5.32 Å². The van der Waals surface area contributed by atoms with E-state index < -0.39 is 25.2 Å². The fourth-order valence-electron chi connectivity index (χ4n) is 2.32. The number of sulfone groups is 2. The number of nitrogens with one attached hydrogen (secondary N) is 1. The summed E-state index contributed by atoms with van der Waals surface area (Å²) >= 11 is 0. The van der Waals surface area contributed by atoms with Gasteiger partial charge in [-0.3, -0.25) is 0 Å². The average molecular weight is 318 g/mol. The van der Waals surface area contributed by atoms with Gasteiger partial charge in [-0.25, -0.2) is 16.8 Å². The van der Waals surface area contributed by atoms with Crippen LogP contribution in [0.2, 0.25) is 0 Å². The molecule has 1 aromatic rings. The lowest BCUT2D eigenvalue weighted by Crippen LogP contribution is -2.36. The first-order chi connectivity index (χ1) is 9.01. The number of rotatable bonds is 3. The van der Waals surface area contributed by atoms with Gasteiger partial charge in [-0.05, 0) is 31.5 Å². The van der Waals surface area contributed by atoms with Gasteiger partial charge >= 0.3 is 0 Å². The minimum atomic E-state index is -3.31. The Bertz CT molecular complexity index is 741. The first kappa shape index (κ1) is 15.1. The van der Waals surface area contributed by atoms with Crippen LogP contribution in [0.25, 0.3) is 0 Å². The Balaban J connectivity index is 2.28. The minimum absolute atomic E-state index is 0.0489. The maximum atomic E-state index is 11.6. The number of benzene rings is 1. The van der Waals surface area contributed by atoms with E-state index in [0.717, 1.165) is 6.26 Å². The van der Waals surface area contributed by atoms with Crippen LogP contribution >= 0.6 is 0 Å². The molecule has 3 N–H and O–H groups in total. The van der Waals surface area contributed by atoms with Crippen LogP contribution in [0, 0.1) is 0 Å². The molecule has 0 radical (unpaired) electrons. The molecule has 0 saturated carbocycles. The second-order valence-corrected chi connectivity index (χ2v) is 9.75. The second kappa shape index (κ2) is 4.63. The summed E-state index contributed by atoms with van der Waals surface area (Å²) in [7, 11) is -6.32. The summed E-state index contributed by atoms with van der Waals surface area (Å²) in [6, 6.07) is 4.41. The van der Waals surface area contributed by atoms with E-state index in [9.17, 15) is 16.8 Å². The van der Waals surface area contributed by atoms with Crippen molar-refractivity contribution < 1.29 is 16.8 Å². The minimum Gasteiger partial charge on any atom is -0.397 e. The van der Waals surface area contributed by atoms with Crippen LogP contribution in [0.5, 0.6) is 0 Å². The number of hydrogen-bond acceptors (Lipinski definition) is 6. The van der Waals surface area contributed by atoms with E-state index in [-0.39, 0.29) is 16.4 Å². The predicted octanol–water partition coefficient (Wildman–Crippen LogP) is 0.661. The average Bonchev–Trinajstić information content (AvgIpc) is 2.54. The molecule has 2 rings (SSSR count). The van der Waals surface area contributed by atoms with E-state index in [1.54, 1.807) is 6.07 Å². The van der Waals surface area contributed by atoms with Crippen LogP contribution in [0.3, 0.4) is 0 Å². The van der Waals surface area contributed by atoms with Crippen molar-refractivity contribution in [1.29, 1.82) is 0 Å². The van der Waals surface area contributed by atoms with Crippen molar-refractivity contribution in [3.8, 4) is 0 Å². The quantitative estimate of drug-likeness (QED) is 0.793. The van der Waals surface area contributed by atoms with Crippen molar-refractivity contribution in [3.63, 3.8) is 0 Å². The molecule has 6 nitrogen and oxygen atoms in total. The summed E-state index contributed by atoms with van der Waals surface area (Å²) < 4.78 is 46.0. The van der Waals surface area contributed by atoms with Crippen LogP contribution in [0.15, 0.2) is 23.1 Å². The lowest BCUT2D eigenvalue weighted by molar-refractivity contribution is 0.574. The number of nitrogens with two attached hydrogens (primary N) is 1. The molecule has 112 valence electrons. The van der Waals surface area contributed by atoms with Gasteiger partial charge in [0.15, 0.2) is 19.7 Å². The molecule has 8 heteroatoms. The summed E-state index contributed by atoms with van der Waals surface area (Å²) in [4.78, 5) is 0.143. The topological polar surface area (TPSA) is 106 Å². The molecule has 1 heterocycles. The van der Waals surface area contributed by atoms with Gasteiger partial charge in [-0.15, -0.1) is 0 Å². The van der Waals surface area contributed by atoms with E-state index in [1.165, 1.54) is 12.1 Å². The Labute approximate surface area is 119 Å². The van der Waals surface area contributed by atoms with E-state index >= 15 is 0 Å². The first-order valence-corrected chi connectivity index (χ1v) is 9.80.